The maximum absolute atomic E-state index is 12.3. The van der Waals surface area contributed by atoms with Crippen molar-refractivity contribution in [2.45, 2.75) is 19.9 Å². The van der Waals surface area contributed by atoms with Gasteiger partial charge in [0.25, 0.3) is 5.91 Å². The first-order valence-corrected chi connectivity index (χ1v) is 6.81. The lowest BCUT2D eigenvalue weighted by molar-refractivity contribution is -0.141. The minimum absolute atomic E-state index is 0.301. The maximum Gasteiger partial charge on any atom is 0.326 e. The lowest BCUT2D eigenvalue weighted by Gasteiger charge is -2.22. The van der Waals surface area contributed by atoms with E-state index in [4.69, 9.17) is 5.11 Å². The molecule has 0 aliphatic rings. The van der Waals surface area contributed by atoms with Crippen molar-refractivity contribution in [3.8, 4) is 11.4 Å². The summed E-state index contributed by atoms with van der Waals surface area (Å²) < 4.78 is 0. The van der Waals surface area contributed by atoms with Crippen molar-refractivity contribution in [1.82, 2.24) is 14.9 Å². The molecule has 0 saturated carbocycles. The van der Waals surface area contributed by atoms with Gasteiger partial charge in [-0.3, -0.25) is 4.79 Å². The number of aromatic nitrogens is 2. The second-order valence-electron chi connectivity index (χ2n) is 4.99. The Bertz CT molecular complexity index is 701. The zero-order chi connectivity index (χ0) is 16.3. The first kappa shape index (κ1) is 15.6. The van der Waals surface area contributed by atoms with Gasteiger partial charge < -0.3 is 10.0 Å². The number of carboxylic acids is 1. The van der Waals surface area contributed by atoms with Crippen LogP contribution in [-0.2, 0) is 4.79 Å². The summed E-state index contributed by atoms with van der Waals surface area (Å²) >= 11 is 0. The Hall–Kier alpha value is -2.76. The van der Waals surface area contributed by atoms with E-state index in [0.717, 1.165) is 10.5 Å². The Balaban J connectivity index is 2.30. The van der Waals surface area contributed by atoms with Gasteiger partial charge in [0.1, 0.15) is 6.04 Å². The number of rotatable bonds is 4. The van der Waals surface area contributed by atoms with Crippen molar-refractivity contribution in [3.63, 3.8) is 0 Å². The highest BCUT2D eigenvalue weighted by Crippen LogP contribution is 2.17. The van der Waals surface area contributed by atoms with E-state index in [2.05, 4.69) is 9.97 Å². The van der Waals surface area contributed by atoms with E-state index >= 15 is 0 Å². The van der Waals surface area contributed by atoms with Crippen molar-refractivity contribution in [1.29, 1.82) is 0 Å². The number of nitrogens with zero attached hydrogens (tertiary/aromatic N) is 3. The molecule has 1 amide bonds. The molecule has 6 heteroatoms. The fourth-order valence-electron chi connectivity index (χ4n) is 1.93. The molecule has 0 fully saturated rings. The zero-order valence-electron chi connectivity index (χ0n) is 12.6. The lowest BCUT2D eigenvalue weighted by atomic mass is 10.1. The summed E-state index contributed by atoms with van der Waals surface area (Å²) in [4.78, 5) is 33.0. The van der Waals surface area contributed by atoms with Crippen LogP contribution in [0.1, 0.15) is 23.0 Å². The summed E-state index contributed by atoms with van der Waals surface area (Å²) in [6.07, 6.45) is 1.44. The van der Waals surface area contributed by atoms with Crippen LogP contribution in [-0.4, -0.2) is 44.9 Å². The first-order chi connectivity index (χ1) is 10.4. The molecule has 1 heterocycles. The van der Waals surface area contributed by atoms with Crippen LogP contribution in [0.15, 0.2) is 36.5 Å². The van der Waals surface area contributed by atoms with E-state index in [9.17, 15) is 9.59 Å². The Morgan fingerprint density at radius 1 is 1.23 bits per heavy atom. The summed E-state index contributed by atoms with van der Waals surface area (Å²) in [5.74, 6) is -0.939. The number of aryl methyl sites for hydroxylation is 1. The number of hydrogen-bond donors (Lipinski definition) is 1. The Morgan fingerprint density at radius 2 is 1.86 bits per heavy atom. The molecule has 1 N–H and O–H groups in total. The predicted octanol–water partition coefficient (Wildman–Crippen LogP) is 2.00. The lowest BCUT2D eigenvalue weighted by Crippen LogP contribution is -2.40. The Kier molecular flexibility index (Phi) is 4.50. The summed E-state index contributed by atoms with van der Waals surface area (Å²) in [5, 5.41) is 8.99. The third kappa shape index (κ3) is 3.11. The van der Waals surface area contributed by atoms with E-state index in [0.29, 0.717) is 17.1 Å². The highest BCUT2D eigenvalue weighted by Gasteiger charge is 2.24. The van der Waals surface area contributed by atoms with Gasteiger partial charge >= 0.3 is 5.97 Å². The third-order valence-corrected chi connectivity index (χ3v) is 3.50. The third-order valence-electron chi connectivity index (χ3n) is 3.50. The molecule has 1 aromatic carbocycles. The summed E-state index contributed by atoms with van der Waals surface area (Å²) in [7, 11) is 1.45. The molecular weight excluding hydrogens is 282 g/mol. The van der Waals surface area contributed by atoms with Crippen LogP contribution < -0.4 is 0 Å². The molecule has 22 heavy (non-hydrogen) atoms. The van der Waals surface area contributed by atoms with Gasteiger partial charge in [-0.2, -0.15) is 0 Å². The summed E-state index contributed by atoms with van der Waals surface area (Å²) in [6.45, 7) is 3.16. The van der Waals surface area contributed by atoms with Crippen LogP contribution in [0.4, 0.5) is 0 Å². The quantitative estimate of drug-likeness (QED) is 0.933. The number of amides is 1. The van der Waals surface area contributed by atoms with Crippen LogP contribution in [0.2, 0.25) is 0 Å². The average molecular weight is 299 g/mol. The second-order valence-corrected chi connectivity index (χ2v) is 4.99. The molecule has 2 aromatic rings. The number of likely N-dealkylation sites (N-methyl/N-ethyl adjacent to an activating group) is 1. The van der Waals surface area contributed by atoms with E-state index < -0.39 is 17.9 Å². The zero-order valence-corrected chi connectivity index (χ0v) is 12.6. The predicted molar refractivity (Wildman–Crippen MR) is 81.4 cm³/mol. The molecule has 0 aliphatic heterocycles. The van der Waals surface area contributed by atoms with Gasteiger partial charge in [0.05, 0.1) is 11.3 Å². The largest absolute Gasteiger partial charge is 0.480 e. The smallest absolute Gasteiger partial charge is 0.326 e. The van der Waals surface area contributed by atoms with E-state index in [1.165, 1.54) is 20.2 Å². The molecule has 0 spiro atoms. The Labute approximate surface area is 128 Å². The van der Waals surface area contributed by atoms with E-state index in [1.807, 2.05) is 30.3 Å². The van der Waals surface area contributed by atoms with Crippen molar-refractivity contribution < 1.29 is 14.7 Å². The maximum atomic E-state index is 12.3. The average Bonchev–Trinajstić information content (AvgIpc) is 2.53. The second kappa shape index (κ2) is 6.34. The molecule has 0 aliphatic carbocycles. The van der Waals surface area contributed by atoms with E-state index in [-0.39, 0.29) is 0 Å². The Morgan fingerprint density at radius 3 is 2.41 bits per heavy atom. The standard InChI is InChI=1S/C16H17N3O3/c1-10-13(15(20)19(3)11(2)16(21)22)9-17-14(18-10)12-7-5-4-6-8-12/h4-9,11H,1-3H3,(H,21,22). The number of aliphatic carboxylic acids is 1. The van der Waals surface area contributed by atoms with Gasteiger partial charge in [0.15, 0.2) is 5.82 Å². The molecule has 2 rings (SSSR count). The number of hydrogen-bond acceptors (Lipinski definition) is 4. The van der Waals surface area contributed by atoms with Crippen LogP contribution in [0.25, 0.3) is 11.4 Å². The minimum Gasteiger partial charge on any atom is -0.480 e. The number of carbonyl (C=O) groups excluding carboxylic acids is 1. The SMILES string of the molecule is Cc1nc(-c2ccccc2)ncc1C(=O)N(C)C(C)C(=O)O. The first-order valence-electron chi connectivity index (χ1n) is 6.81. The number of benzene rings is 1. The molecule has 0 saturated heterocycles. The van der Waals surface area contributed by atoms with Crippen molar-refractivity contribution in [2.24, 2.45) is 0 Å². The van der Waals surface area contributed by atoms with Gasteiger partial charge in [0.2, 0.25) is 0 Å². The van der Waals surface area contributed by atoms with Gasteiger partial charge in [-0.15, -0.1) is 0 Å². The van der Waals surface area contributed by atoms with Crippen molar-refractivity contribution in [2.75, 3.05) is 7.05 Å². The highest BCUT2D eigenvalue weighted by molar-refractivity contribution is 5.97. The molecular formula is C16H17N3O3. The molecule has 1 unspecified atom stereocenters. The monoisotopic (exact) mass is 299 g/mol. The van der Waals surface area contributed by atoms with Gasteiger partial charge in [-0.1, -0.05) is 30.3 Å². The normalized spacial score (nSPS) is 11.8. The van der Waals surface area contributed by atoms with Gasteiger partial charge in [-0.05, 0) is 13.8 Å². The molecule has 0 bridgehead atoms. The van der Waals surface area contributed by atoms with Gasteiger partial charge in [-0.25, -0.2) is 14.8 Å². The van der Waals surface area contributed by atoms with Crippen LogP contribution in [0.3, 0.4) is 0 Å². The minimum atomic E-state index is -1.06. The molecule has 1 atom stereocenters. The van der Waals surface area contributed by atoms with E-state index in [1.54, 1.807) is 6.92 Å². The molecule has 114 valence electrons. The fraction of sp³-hybridized carbons (Fsp3) is 0.250. The van der Waals surface area contributed by atoms with Crippen LogP contribution in [0, 0.1) is 6.92 Å². The van der Waals surface area contributed by atoms with Gasteiger partial charge in [0, 0.05) is 18.8 Å². The molecule has 0 radical (unpaired) electrons. The molecule has 6 nitrogen and oxygen atoms in total. The van der Waals surface area contributed by atoms with Crippen molar-refractivity contribution >= 4 is 11.9 Å². The topological polar surface area (TPSA) is 83.4 Å². The van der Waals surface area contributed by atoms with Crippen LogP contribution in [0.5, 0.6) is 0 Å². The highest BCUT2D eigenvalue weighted by atomic mass is 16.4. The number of carbonyl (C=O) groups is 2. The molecule has 1 aromatic heterocycles. The van der Waals surface area contributed by atoms with Crippen molar-refractivity contribution in [3.05, 3.63) is 47.8 Å². The summed E-state index contributed by atoms with van der Waals surface area (Å²) in [6, 6.07) is 8.52. The van der Waals surface area contributed by atoms with Crippen LogP contribution >= 0.6 is 0 Å². The number of carboxylic acid groups (broad SMARTS) is 1. The fourth-order valence-corrected chi connectivity index (χ4v) is 1.93. The summed E-state index contributed by atoms with van der Waals surface area (Å²) in [5.41, 5.74) is 1.68.